The molecular formula is C12H8N4O2S. The Morgan fingerprint density at radius 2 is 2.16 bits per heavy atom. The smallest absolute Gasteiger partial charge is 0.345 e. The third-order valence-electron chi connectivity index (χ3n) is 2.56. The number of carbonyl (C=O) groups is 1. The molecule has 19 heavy (non-hydrogen) atoms. The minimum Gasteiger partial charge on any atom is -0.477 e. The molecule has 0 spiro atoms. The van der Waals surface area contributed by atoms with Gasteiger partial charge in [-0.25, -0.2) is 9.48 Å². The molecule has 0 saturated carbocycles. The van der Waals surface area contributed by atoms with Crippen molar-refractivity contribution in [3.8, 4) is 16.1 Å². The summed E-state index contributed by atoms with van der Waals surface area (Å²) in [7, 11) is 0. The van der Waals surface area contributed by atoms with Gasteiger partial charge in [0, 0.05) is 4.88 Å². The molecule has 0 saturated heterocycles. The first kappa shape index (κ1) is 11.5. The largest absolute Gasteiger partial charge is 0.477 e. The fourth-order valence-corrected chi connectivity index (χ4v) is 2.53. The van der Waals surface area contributed by atoms with E-state index in [0.29, 0.717) is 4.88 Å². The van der Waals surface area contributed by atoms with E-state index in [1.54, 1.807) is 16.8 Å². The van der Waals surface area contributed by atoms with Crippen LogP contribution in [-0.4, -0.2) is 31.3 Å². The van der Waals surface area contributed by atoms with Gasteiger partial charge in [-0.15, -0.1) is 16.4 Å². The molecule has 0 bridgehead atoms. The van der Waals surface area contributed by atoms with E-state index in [1.165, 1.54) is 17.7 Å². The Hall–Kier alpha value is -2.54. The molecule has 0 fully saturated rings. The molecule has 2 aromatic heterocycles. The Kier molecular flexibility index (Phi) is 2.81. The second-order valence-corrected chi connectivity index (χ2v) is 4.86. The number of aromatic nitrogens is 4. The average molecular weight is 272 g/mol. The molecule has 0 atom stereocenters. The maximum Gasteiger partial charge on any atom is 0.345 e. The van der Waals surface area contributed by atoms with Crippen LogP contribution in [0, 0.1) is 0 Å². The fraction of sp³-hybridized carbons (Fsp3) is 0. The summed E-state index contributed by atoms with van der Waals surface area (Å²) in [5.41, 5.74) is 1.76. The lowest BCUT2D eigenvalue weighted by Gasteiger charge is -2.02. The van der Waals surface area contributed by atoms with Crippen molar-refractivity contribution in [2.45, 2.75) is 0 Å². The van der Waals surface area contributed by atoms with Crippen molar-refractivity contribution in [3.63, 3.8) is 0 Å². The minimum atomic E-state index is -0.909. The molecule has 3 rings (SSSR count). The standard InChI is InChI=1S/C12H8N4O2S/c17-12(18)11-5-4-10(19-11)8-2-1-3-9(6-8)16-7-13-14-15-16/h1-7H,(H,17,18). The van der Waals surface area contributed by atoms with Crippen LogP contribution in [0.5, 0.6) is 0 Å². The van der Waals surface area contributed by atoms with Gasteiger partial charge in [0.15, 0.2) is 0 Å². The summed E-state index contributed by atoms with van der Waals surface area (Å²) in [4.78, 5) is 12.1. The summed E-state index contributed by atoms with van der Waals surface area (Å²) in [6.07, 6.45) is 1.51. The first-order valence-electron chi connectivity index (χ1n) is 5.41. The highest BCUT2D eigenvalue weighted by atomic mass is 32.1. The molecule has 0 aliphatic carbocycles. The van der Waals surface area contributed by atoms with E-state index in [1.807, 2.05) is 24.3 Å². The van der Waals surface area contributed by atoms with Crippen molar-refractivity contribution in [3.05, 3.63) is 47.6 Å². The number of thiophene rings is 1. The summed E-state index contributed by atoms with van der Waals surface area (Å²) >= 11 is 1.24. The number of tetrazole rings is 1. The monoisotopic (exact) mass is 272 g/mol. The molecule has 0 aliphatic rings. The predicted octanol–water partition coefficient (Wildman–Crippen LogP) is 2.09. The van der Waals surface area contributed by atoms with Crippen molar-refractivity contribution >= 4 is 17.3 Å². The summed E-state index contributed by atoms with van der Waals surface area (Å²) in [6, 6.07) is 11.0. The number of hydrogen-bond donors (Lipinski definition) is 1. The number of carboxylic acid groups (broad SMARTS) is 1. The quantitative estimate of drug-likeness (QED) is 0.789. The van der Waals surface area contributed by atoms with Gasteiger partial charge >= 0.3 is 5.97 Å². The molecule has 0 amide bonds. The fourth-order valence-electron chi connectivity index (χ4n) is 1.69. The molecule has 0 radical (unpaired) electrons. The third-order valence-corrected chi connectivity index (χ3v) is 3.68. The second kappa shape index (κ2) is 4.62. The lowest BCUT2D eigenvalue weighted by atomic mass is 10.1. The SMILES string of the molecule is O=C(O)c1ccc(-c2cccc(-n3cnnn3)c2)s1. The number of benzene rings is 1. The van der Waals surface area contributed by atoms with E-state index in [-0.39, 0.29) is 0 Å². The van der Waals surface area contributed by atoms with E-state index in [2.05, 4.69) is 15.5 Å². The van der Waals surface area contributed by atoms with Crippen LogP contribution in [0.3, 0.4) is 0 Å². The van der Waals surface area contributed by atoms with Crippen molar-refractivity contribution < 1.29 is 9.90 Å². The van der Waals surface area contributed by atoms with Gasteiger partial charge in [0.1, 0.15) is 11.2 Å². The molecule has 1 N–H and O–H groups in total. The van der Waals surface area contributed by atoms with Gasteiger partial charge in [0.05, 0.1) is 5.69 Å². The van der Waals surface area contributed by atoms with Crippen LogP contribution in [0.1, 0.15) is 9.67 Å². The zero-order valence-electron chi connectivity index (χ0n) is 9.59. The number of hydrogen-bond acceptors (Lipinski definition) is 5. The van der Waals surface area contributed by atoms with E-state index in [4.69, 9.17) is 5.11 Å². The van der Waals surface area contributed by atoms with Gasteiger partial charge in [-0.3, -0.25) is 0 Å². The normalized spacial score (nSPS) is 10.5. The first-order valence-corrected chi connectivity index (χ1v) is 6.22. The average Bonchev–Trinajstić information content (AvgIpc) is 3.10. The summed E-state index contributed by atoms with van der Waals surface area (Å²) in [6.45, 7) is 0. The Labute approximate surface area is 111 Å². The van der Waals surface area contributed by atoms with Gasteiger partial charge in [-0.1, -0.05) is 12.1 Å². The Balaban J connectivity index is 2.01. The number of rotatable bonds is 3. The Bertz CT molecular complexity index is 721. The number of aromatic carboxylic acids is 1. The van der Waals surface area contributed by atoms with E-state index >= 15 is 0 Å². The predicted molar refractivity (Wildman–Crippen MR) is 69.4 cm³/mol. The molecule has 0 unspecified atom stereocenters. The number of nitrogens with zero attached hydrogens (tertiary/aromatic N) is 4. The van der Waals surface area contributed by atoms with Crippen LogP contribution >= 0.6 is 11.3 Å². The maximum atomic E-state index is 10.9. The van der Waals surface area contributed by atoms with Gasteiger partial charge in [-0.2, -0.15) is 0 Å². The Morgan fingerprint density at radius 3 is 2.84 bits per heavy atom. The summed E-state index contributed by atoms with van der Waals surface area (Å²) < 4.78 is 1.55. The molecule has 0 aliphatic heterocycles. The number of carboxylic acids is 1. The highest BCUT2D eigenvalue weighted by Gasteiger charge is 2.09. The zero-order valence-corrected chi connectivity index (χ0v) is 10.4. The molecule has 6 nitrogen and oxygen atoms in total. The molecule has 1 aromatic carbocycles. The molecule has 3 aromatic rings. The molecule has 94 valence electrons. The van der Waals surface area contributed by atoms with Crippen molar-refractivity contribution in [1.29, 1.82) is 0 Å². The van der Waals surface area contributed by atoms with Crippen LogP contribution < -0.4 is 0 Å². The van der Waals surface area contributed by atoms with Crippen LogP contribution in [0.2, 0.25) is 0 Å². The van der Waals surface area contributed by atoms with Crippen molar-refractivity contribution in [1.82, 2.24) is 20.2 Å². The summed E-state index contributed by atoms with van der Waals surface area (Å²) in [5, 5.41) is 19.9. The van der Waals surface area contributed by atoms with Gasteiger partial charge in [-0.05, 0) is 40.3 Å². The lowest BCUT2D eigenvalue weighted by molar-refractivity contribution is 0.0702. The first-order chi connectivity index (χ1) is 9.24. The second-order valence-electron chi connectivity index (χ2n) is 3.77. The van der Waals surface area contributed by atoms with Gasteiger partial charge in [0.2, 0.25) is 0 Å². The minimum absolute atomic E-state index is 0.322. The molecule has 7 heteroatoms. The maximum absolute atomic E-state index is 10.9. The zero-order chi connectivity index (χ0) is 13.2. The highest BCUT2D eigenvalue weighted by Crippen LogP contribution is 2.29. The van der Waals surface area contributed by atoms with E-state index in [9.17, 15) is 4.79 Å². The van der Waals surface area contributed by atoms with Crippen LogP contribution in [0.25, 0.3) is 16.1 Å². The van der Waals surface area contributed by atoms with Gasteiger partial charge in [0.25, 0.3) is 0 Å². The van der Waals surface area contributed by atoms with E-state index in [0.717, 1.165) is 16.1 Å². The topological polar surface area (TPSA) is 80.9 Å². The highest BCUT2D eigenvalue weighted by molar-refractivity contribution is 7.17. The van der Waals surface area contributed by atoms with Crippen LogP contribution in [0.4, 0.5) is 0 Å². The van der Waals surface area contributed by atoms with Crippen molar-refractivity contribution in [2.24, 2.45) is 0 Å². The summed E-state index contributed by atoms with van der Waals surface area (Å²) in [5.74, 6) is -0.909. The van der Waals surface area contributed by atoms with Crippen LogP contribution in [0.15, 0.2) is 42.7 Å². The van der Waals surface area contributed by atoms with E-state index < -0.39 is 5.97 Å². The Morgan fingerprint density at radius 1 is 1.26 bits per heavy atom. The van der Waals surface area contributed by atoms with Gasteiger partial charge < -0.3 is 5.11 Å². The van der Waals surface area contributed by atoms with Crippen LogP contribution in [-0.2, 0) is 0 Å². The molecule has 2 heterocycles. The lowest BCUT2D eigenvalue weighted by Crippen LogP contribution is -1.94. The third kappa shape index (κ3) is 2.23. The molecular weight excluding hydrogens is 264 g/mol. The van der Waals surface area contributed by atoms with Crippen molar-refractivity contribution in [2.75, 3.05) is 0 Å².